The standard InChI is InChI=1S/C12H15N3O3S/c1-8-3-4-10(7-13)6-11(8)19(17,18)15-9(2)5-12(14)16/h3-4,6,9,15H,5H2,1-2H3,(H2,14,16). The highest BCUT2D eigenvalue weighted by Crippen LogP contribution is 2.17. The minimum atomic E-state index is -3.78. The van der Waals surface area contributed by atoms with Crippen LogP contribution in [0.1, 0.15) is 24.5 Å². The summed E-state index contributed by atoms with van der Waals surface area (Å²) in [6.45, 7) is 3.18. The van der Waals surface area contributed by atoms with Crippen LogP contribution in [0.15, 0.2) is 23.1 Å². The fourth-order valence-corrected chi connectivity index (χ4v) is 3.14. The second-order valence-corrected chi connectivity index (χ2v) is 5.97. The third-order valence-electron chi connectivity index (χ3n) is 2.47. The van der Waals surface area contributed by atoms with Gasteiger partial charge in [0.2, 0.25) is 15.9 Å². The largest absolute Gasteiger partial charge is 0.370 e. The zero-order valence-electron chi connectivity index (χ0n) is 10.7. The number of nitrogens with one attached hydrogen (secondary N) is 1. The SMILES string of the molecule is Cc1ccc(C#N)cc1S(=O)(=O)NC(C)CC(N)=O. The van der Waals surface area contributed by atoms with Crippen LogP contribution in [0.3, 0.4) is 0 Å². The van der Waals surface area contributed by atoms with Crippen molar-refractivity contribution in [3.05, 3.63) is 29.3 Å². The van der Waals surface area contributed by atoms with Crippen molar-refractivity contribution < 1.29 is 13.2 Å². The lowest BCUT2D eigenvalue weighted by Gasteiger charge is -2.14. The molecule has 102 valence electrons. The summed E-state index contributed by atoms with van der Waals surface area (Å²) in [6, 6.07) is 5.69. The summed E-state index contributed by atoms with van der Waals surface area (Å²) in [5.41, 5.74) is 5.79. The van der Waals surface area contributed by atoms with E-state index < -0.39 is 22.0 Å². The number of hydrogen-bond acceptors (Lipinski definition) is 4. The van der Waals surface area contributed by atoms with Crippen molar-refractivity contribution in [3.63, 3.8) is 0 Å². The van der Waals surface area contributed by atoms with Gasteiger partial charge in [0.1, 0.15) is 0 Å². The van der Waals surface area contributed by atoms with Crippen LogP contribution in [0.5, 0.6) is 0 Å². The Labute approximate surface area is 112 Å². The number of benzene rings is 1. The fraction of sp³-hybridized carbons (Fsp3) is 0.333. The van der Waals surface area contributed by atoms with Crippen molar-refractivity contribution in [1.82, 2.24) is 4.72 Å². The molecule has 1 atom stereocenters. The Bertz CT molecular complexity index is 632. The molecule has 0 aliphatic carbocycles. The van der Waals surface area contributed by atoms with Crippen molar-refractivity contribution >= 4 is 15.9 Å². The van der Waals surface area contributed by atoms with Crippen LogP contribution in [0.25, 0.3) is 0 Å². The smallest absolute Gasteiger partial charge is 0.241 e. The first-order valence-corrected chi connectivity index (χ1v) is 7.06. The Kier molecular flexibility index (Phi) is 4.64. The molecule has 0 fully saturated rings. The molecular formula is C12H15N3O3S. The topological polar surface area (TPSA) is 113 Å². The van der Waals surface area contributed by atoms with Gasteiger partial charge < -0.3 is 5.73 Å². The molecule has 1 rings (SSSR count). The Morgan fingerprint density at radius 3 is 2.68 bits per heavy atom. The molecule has 6 nitrogen and oxygen atoms in total. The fourth-order valence-electron chi connectivity index (χ4n) is 1.63. The van der Waals surface area contributed by atoms with Crippen LogP contribution in [0.4, 0.5) is 0 Å². The molecule has 3 N–H and O–H groups in total. The second kappa shape index (κ2) is 5.82. The molecule has 0 saturated heterocycles. The maximum atomic E-state index is 12.1. The van der Waals surface area contributed by atoms with Gasteiger partial charge in [0.05, 0.1) is 16.5 Å². The van der Waals surface area contributed by atoms with Crippen LogP contribution in [-0.4, -0.2) is 20.4 Å². The quantitative estimate of drug-likeness (QED) is 0.813. The number of nitrogens with two attached hydrogens (primary N) is 1. The summed E-state index contributed by atoms with van der Waals surface area (Å²) < 4.78 is 26.6. The lowest BCUT2D eigenvalue weighted by atomic mass is 10.2. The Morgan fingerprint density at radius 1 is 1.53 bits per heavy atom. The molecule has 1 unspecified atom stereocenters. The maximum Gasteiger partial charge on any atom is 0.241 e. The molecule has 1 aromatic carbocycles. The molecule has 0 aliphatic rings. The van der Waals surface area contributed by atoms with Crippen LogP contribution in [0.2, 0.25) is 0 Å². The number of carbonyl (C=O) groups is 1. The summed E-state index contributed by atoms with van der Waals surface area (Å²) in [6.07, 6.45) is -0.0871. The minimum absolute atomic E-state index is 0.0304. The monoisotopic (exact) mass is 281 g/mol. The summed E-state index contributed by atoms with van der Waals surface area (Å²) in [5.74, 6) is -0.585. The summed E-state index contributed by atoms with van der Waals surface area (Å²) >= 11 is 0. The van der Waals surface area contributed by atoms with E-state index in [1.807, 2.05) is 6.07 Å². The van der Waals surface area contributed by atoms with Gasteiger partial charge >= 0.3 is 0 Å². The number of nitriles is 1. The van der Waals surface area contributed by atoms with Crippen molar-refractivity contribution in [2.45, 2.75) is 31.2 Å². The van der Waals surface area contributed by atoms with Gasteiger partial charge in [-0.2, -0.15) is 5.26 Å². The molecule has 1 amide bonds. The van der Waals surface area contributed by atoms with Crippen LogP contribution >= 0.6 is 0 Å². The minimum Gasteiger partial charge on any atom is -0.370 e. The maximum absolute atomic E-state index is 12.1. The lowest BCUT2D eigenvalue weighted by Crippen LogP contribution is -2.36. The molecule has 0 bridgehead atoms. The van der Waals surface area contributed by atoms with Crippen molar-refractivity contribution in [3.8, 4) is 6.07 Å². The summed E-state index contributed by atoms with van der Waals surface area (Å²) in [4.78, 5) is 10.8. The molecule has 0 spiro atoms. The normalized spacial score (nSPS) is 12.7. The second-order valence-electron chi connectivity index (χ2n) is 4.28. The number of sulfonamides is 1. The van der Waals surface area contributed by atoms with Crippen molar-refractivity contribution in [2.24, 2.45) is 5.73 Å². The van der Waals surface area contributed by atoms with Gasteiger partial charge in [0.25, 0.3) is 0 Å². The number of nitrogens with zero attached hydrogens (tertiary/aromatic N) is 1. The number of aryl methyl sites for hydroxylation is 1. The van der Waals surface area contributed by atoms with E-state index in [9.17, 15) is 13.2 Å². The molecule has 19 heavy (non-hydrogen) atoms. The molecule has 0 saturated carbocycles. The molecule has 0 radical (unpaired) electrons. The zero-order chi connectivity index (χ0) is 14.6. The average Bonchev–Trinajstić information content (AvgIpc) is 2.27. The number of rotatable bonds is 5. The van der Waals surface area contributed by atoms with Crippen LogP contribution in [0, 0.1) is 18.3 Å². The Morgan fingerprint density at radius 2 is 2.16 bits per heavy atom. The molecule has 1 aromatic rings. The van der Waals surface area contributed by atoms with E-state index in [0.29, 0.717) is 5.56 Å². The van der Waals surface area contributed by atoms with E-state index in [2.05, 4.69) is 4.72 Å². The number of hydrogen-bond donors (Lipinski definition) is 2. The predicted molar refractivity (Wildman–Crippen MR) is 69.5 cm³/mol. The third kappa shape index (κ3) is 4.05. The number of primary amides is 1. The summed E-state index contributed by atoms with van der Waals surface area (Å²) in [7, 11) is -3.78. The molecule has 0 aromatic heterocycles. The van der Waals surface area contributed by atoms with E-state index in [-0.39, 0.29) is 16.9 Å². The van der Waals surface area contributed by atoms with Gasteiger partial charge in [-0.25, -0.2) is 13.1 Å². The van der Waals surface area contributed by atoms with Gasteiger partial charge in [-0.05, 0) is 31.5 Å². The average molecular weight is 281 g/mol. The molecule has 7 heteroatoms. The summed E-state index contributed by atoms with van der Waals surface area (Å²) in [5, 5.41) is 8.79. The van der Waals surface area contributed by atoms with Gasteiger partial charge in [0.15, 0.2) is 0 Å². The Balaban J connectivity index is 3.07. The molecular weight excluding hydrogens is 266 g/mol. The van der Waals surface area contributed by atoms with Gasteiger partial charge in [-0.3, -0.25) is 4.79 Å². The lowest BCUT2D eigenvalue weighted by molar-refractivity contribution is -0.118. The highest BCUT2D eigenvalue weighted by atomic mass is 32.2. The highest BCUT2D eigenvalue weighted by molar-refractivity contribution is 7.89. The zero-order valence-corrected chi connectivity index (χ0v) is 11.5. The van der Waals surface area contributed by atoms with E-state index in [1.165, 1.54) is 6.07 Å². The first-order chi connectivity index (χ1) is 8.76. The van der Waals surface area contributed by atoms with Crippen molar-refractivity contribution in [2.75, 3.05) is 0 Å². The predicted octanol–water partition coefficient (Wildman–Crippen LogP) is 0.409. The number of carbonyl (C=O) groups excluding carboxylic acids is 1. The molecule has 0 heterocycles. The third-order valence-corrected chi connectivity index (χ3v) is 4.20. The van der Waals surface area contributed by atoms with E-state index >= 15 is 0 Å². The van der Waals surface area contributed by atoms with Gasteiger partial charge in [0, 0.05) is 12.5 Å². The Hall–Kier alpha value is -1.91. The molecule has 0 aliphatic heterocycles. The highest BCUT2D eigenvalue weighted by Gasteiger charge is 2.20. The van der Waals surface area contributed by atoms with Crippen molar-refractivity contribution in [1.29, 1.82) is 5.26 Å². The number of amides is 1. The van der Waals surface area contributed by atoms with E-state index in [1.54, 1.807) is 26.0 Å². The van der Waals surface area contributed by atoms with Crippen LogP contribution < -0.4 is 10.5 Å². The first-order valence-electron chi connectivity index (χ1n) is 5.57. The van der Waals surface area contributed by atoms with Gasteiger partial charge in [-0.1, -0.05) is 6.07 Å². The van der Waals surface area contributed by atoms with Crippen LogP contribution in [-0.2, 0) is 14.8 Å². The first kappa shape index (κ1) is 15.1. The van der Waals surface area contributed by atoms with E-state index in [4.69, 9.17) is 11.0 Å². The van der Waals surface area contributed by atoms with E-state index in [0.717, 1.165) is 0 Å². The van der Waals surface area contributed by atoms with Gasteiger partial charge in [-0.15, -0.1) is 0 Å².